The van der Waals surface area contributed by atoms with E-state index in [9.17, 15) is 4.79 Å². The summed E-state index contributed by atoms with van der Waals surface area (Å²) in [5.41, 5.74) is 2.01. The maximum Gasteiger partial charge on any atom is 0.256 e. The van der Waals surface area contributed by atoms with E-state index in [0.717, 1.165) is 18.5 Å². The molecule has 2 aromatic rings. The van der Waals surface area contributed by atoms with Crippen molar-refractivity contribution in [1.82, 2.24) is 19.4 Å². The Labute approximate surface area is 116 Å². The van der Waals surface area contributed by atoms with E-state index in [4.69, 9.17) is 4.74 Å². The number of aryl methyl sites for hydroxylation is 1. The molecule has 0 radical (unpaired) electrons. The van der Waals surface area contributed by atoms with Crippen molar-refractivity contribution in [2.75, 3.05) is 19.8 Å². The van der Waals surface area contributed by atoms with E-state index >= 15 is 0 Å². The summed E-state index contributed by atoms with van der Waals surface area (Å²) in [6, 6.07) is 1.77. The molecule has 1 saturated heterocycles. The second-order valence-corrected chi connectivity index (χ2v) is 5.62. The maximum absolute atomic E-state index is 12.9. The molecule has 0 unspecified atom stereocenters. The second-order valence-electron chi connectivity index (χ2n) is 5.62. The average Bonchev–Trinajstić information content (AvgIpc) is 3.13. The number of hydrogen-bond donors (Lipinski definition) is 0. The molecular formula is C14H16N4O2. The van der Waals surface area contributed by atoms with E-state index in [1.54, 1.807) is 18.6 Å². The normalized spacial score (nSPS) is 20.6. The zero-order valence-electron chi connectivity index (χ0n) is 11.4. The van der Waals surface area contributed by atoms with Gasteiger partial charge in [0.25, 0.3) is 5.91 Å². The molecule has 4 rings (SSSR count). The summed E-state index contributed by atoms with van der Waals surface area (Å²) in [7, 11) is 1.88. The van der Waals surface area contributed by atoms with Crippen molar-refractivity contribution in [3.05, 3.63) is 24.2 Å². The summed E-state index contributed by atoms with van der Waals surface area (Å²) in [5, 5.41) is 0. The molecule has 1 amide bonds. The molecule has 1 aliphatic heterocycles. The van der Waals surface area contributed by atoms with Crippen LogP contribution in [0.3, 0.4) is 0 Å². The topological polar surface area (TPSA) is 60.2 Å². The Morgan fingerprint density at radius 2 is 2.25 bits per heavy atom. The molecule has 3 heterocycles. The minimum Gasteiger partial charge on any atom is -0.377 e. The summed E-state index contributed by atoms with van der Waals surface area (Å²) in [6.07, 6.45) is 5.45. The van der Waals surface area contributed by atoms with Gasteiger partial charge in [-0.1, -0.05) is 0 Å². The smallest absolute Gasteiger partial charge is 0.256 e. The first-order valence-corrected chi connectivity index (χ1v) is 6.87. The van der Waals surface area contributed by atoms with Gasteiger partial charge in [-0.15, -0.1) is 0 Å². The lowest BCUT2D eigenvalue weighted by Gasteiger charge is -2.36. The Morgan fingerprint density at radius 3 is 3.05 bits per heavy atom. The number of ether oxygens (including phenoxy) is 1. The van der Waals surface area contributed by atoms with Gasteiger partial charge in [0.05, 0.1) is 30.6 Å². The van der Waals surface area contributed by atoms with Crippen LogP contribution in [-0.2, 0) is 11.8 Å². The Bertz CT molecular complexity index is 690. The molecule has 1 saturated carbocycles. The third-order valence-electron chi connectivity index (χ3n) is 4.30. The largest absolute Gasteiger partial charge is 0.377 e. The molecule has 2 aliphatic rings. The molecule has 0 aromatic carbocycles. The number of morpholine rings is 1. The highest BCUT2D eigenvalue weighted by Crippen LogP contribution is 2.44. The molecule has 0 bridgehead atoms. The van der Waals surface area contributed by atoms with Gasteiger partial charge in [0.1, 0.15) is 5.52 Å². The van der Waals surface area contributed by atoms with E-state index < -0.39 is 0 Å². The summed E-state index contributed by atoms with van der Waals surface area (Å²) in [5.74, 6) is 0.0527. The highest BCUT2D eigenvalue weighted by atomic mass is 16.5. The number of imidazole rings is 1. The first-order chi connectivity index (χ1) is 9.71. The van der Waals surface area contributed by atoms with Crippen LogP contribution in [0.25, 0.3) is 11.2 Å². The van der Waals surface area contributed by atoms with Crippen LogP contribution in [-0.4, -0.2) is 50.6 Å². The Morgan fingerprint density at radius 1 is 1.40 bits per heavy atom. The number of carbonyl (C=O) groups excluding carboxylic acids is 1. The summed E-state index contributed by atoms with van der Waals surface area (Å²) in [6.45, 7) is 1.94. The minimum absolute atomic E-state index is 0.0527. The van der Waals surface area contributed by atoms with Gasteiger partial charge in [-0.25, -0.2) is 9.97 Å². The van der Waals surface area contributed by atoms with E-state index in [2.05, 4.69) is 9.97 Å². The fourth-order valence-corrected chi connectivity index (χ4v) is 2.95. The predicted molar refractivity (Wildman–Crippen MR) is 72.3 cm³/mol. The standard InChI is InChI=1S/C14H16N4O2/c1-17-9-16-11-10(2-5-15-12(11)17)13(19)18-6-7-20-8-14(18)3-4-14/h2,5,9H,3-4,6-8H2,1H3. The highest BCUT2D eigenvalue weighted by molar-refractivity contribution is 6.04. The van der Waals surface area contributed by atoms with Crippen molar-refractivity contribution < 1.29 is 9.53 Å². The number of carbonyl (C=O) groups is 1. The lowest BCUT2D eigenvalue weighted by Crippen LogP contribution is -2.50. The van der Waals surface area contributed by atoms with Crippen molar-refractivity contribution in [1.29, 1.82) is 0 Å². The van der Waals surface area contributed by atoms with Crippen molar-refractivity contribution in [3.8, 4) is 0 Å². The van der Waals surface area contributed by atoms with Gasteiger partial charge < -0.3 is 14.2 Å². The van der Waals surface area contributed by atoms with Crippen molar-refractivity contribution in [3.63, 3.8) is 0 Å². The molecule has 2 fully saturated rings. The summed E-state index contributed by atoms with van der Waals surface area (Å²) in [4.78, 5) is 23.5. The molecule has 20 heavy (non-hydrogen) atoms. The lowest BCUT2D eigenvalue weighted by atomic mass is 10.1. The fourth-order valence-electron chi connectivity index (χ4n) is 2.95. The van der Waals surface area contributed by atoms with Crippen LogP contribution >= 0.6 is 0 Å². The van der Waals surface area contributed by atoms with E-state index in [0.29, 0.717) is 30.8 Å². The number of pyridine rings is 1. The Hall–Kier alpha value is -1.95. The number of nitrogens with zero attached hydrogens (tertiary/aromatic N) is 4. The Balaban J connectivity index is 1.77. The summed E-state index contributed by atoms with van der Waals surface area (Å²) < 4.78 is 7.36. The van der Waals surface area contributed by atoms with E-state index in [1.807, 2.05) is 16.5 Å². The van der Waals surface area contributed by atoms with Gasteiger partial charge in [-0.3, -0.25) is 4.79 Å². The van der Waals surface area contributed by atoms with Crippen molar-refractivity contribution in [2.45, 2.75) is 18.4 Å². The summed E-state index contributed by atoms with van der Waals surface area (Å²) >= 11 is 0. The molecule has 104 valence electrons. The third kappa shape index (κ3) is 1.57. The number of rotatable bonds is 1. The monoisotopic (exact) mass is 272 g/mol. The lowest BCUT2D eigenvalue weighted by molar-refractivity contribution is -0.0116. The van der Waals surface area contributed by atoms with Crippen molar-refractivity contribution >= 4 is 17.1 Å². The first kappa shape index (κ1) is 11.8. The zero-order chi connectivity index (χ0) is 13.7. The van der Waals surface area contributed by atoms with E-state index in [1.165, 1.54) is 0 Å². The van der Waals surface area contributed by atoms with E-state index in [-0.39, 0.29) is 11.4 Å². The Kier molecular flexibility index (Phi) is 2.38. The van der Waals surface area contributed by atoms with Crippen LogP contribution in [0.1, 0.15) is 23.2 Å². The van der Waals surface area contributed by atoms with Crippen LogP contribution in [0, 0.1) is 0 Å². The van der Waals surface area contributed by atoms with Crippen LogP contribution in [0.15, 0.2) is 18.6 Å². The van der Waals surface area contributed by atoms with Gasteiger partial charge in [-0.2, -0.15) is 0 Å². The average molecular weight is 272 g/mol. The van der Waals surface area contributed by atoms with Crippen LogP contribution in [0.4, 0.5) is 0 Å². The van der Waals surface area contributed by atoms with Crippen molar-refractivity contribution in [2.24, 2.45) is 7.05 Å². The highest BCUT2D eigenvalue weighted by Gasteiger charge is 2.52. The van der Waals surface area contributed by atoms with Crippen LogP contribution in [0.2, 0.25) is 0 Å². The zero-order valence-corrected chi connectivity index (χ0v) is 11.4. The third-order valence-corrected chi connectivity index (χ3v) is 4.30. The molecular weight excluding hydrogens is 256 g/mol. The minimum atomic E-state index is -0.0558. The van der Waals surface area contributed by atoms with Crippen LogP contribution in [0.5, 0.6) is 0 Å². The predicted octanol–water partition coefficient (Wildman–Crippen LogP) is 0.973. The van der Waals surface area contributed by atoms with Gasteiger partial charge in [0.15, 0.2) is 5.65 Å². The van der Waals surface area contributed by atoms with Gasteiger partial charge in [0, 0.05) is 19.8 Å². The molecule has 0 N–H and O–H groups in total. The quantitative estimate of drug-likeness (QED) is 0.776. The number of amides is 1. The number of hydrogen-bond acceptors (Lipinski definition) is 4. The van der Waals surface area contributed by atoms with Crippen LogP contribution < -0.4 is 0 Å². The SMILES string of the molecule is Cn1cnc2c(C(=O)N3CCOCC34CC4)ccnc21. The number of aromatic nitrogens is 3. The van der Waals surface area contributed by atoms with Gasteiger partial charge in [0.2, 0.25) is 0 Å². The molecule has 2 aromatic heterocycles. The molecule has 0 atom stereocenters. The maximum atomic E-state index is 12.9. The first-order valence-electron chi connectivity index (χ1n) is 6.87. The van der Waals surface area contributed by atoms with Gasteiger partial charge in [-0.05, 0) is 18.9 Å². The molecule has 1 spiro atoms. The molecule has 1 aliphatic carbocycles. The second kappa shape index (κ2) is 4.02. The number of fused-ring (bicyclic) bond motifs is 1. The molecule has 6 heteroatoms. The fraction of sp³-hybridized carbons (Fsp3) is 0.500. The van der Waals surface area contributed by atoms with Gasteiger partial charge >= 0.3 is 0 Å². The molecule has 6 nitrogen and oxygen atoms in total.